The summed E-state index contributed by atoms with van der Waals surface area (Å²) >= 11 is 0. The number of amides is 3. The molecule has 0 aliphatic carbocycles. The van der Waals surface area contributed by atoms with Gasteiger partial charge in [0.2, 0.25) is 5.91 Å². The van der Waals surface area contributed by atoms with Gasteiger partial charge in [0.15, 0.2) is 0 Å². The third kappa shape index (κ3) is 7.17. The monoisotopic (exact) mass is 389 g/mol. The SMILES string of the molecule is CC(C)C[C@H](NC(=O)[C@H](Cc1ccccc1)NC(=O)N1CCCCC1)B(O)O. The van der Waals surface area contributed by atoms with E-state index in [1.807, 2.05) is 44.2 Å². The molecular formula is C20H32BN3O4. The van der Waals surface area contributed by atoms with E-state index < -0.39 is 25.0 Å². The zero-order chi connectivity index (χ0) is 20.5. The Hall–Kier alpha value is -2.06. The second kappa shape index (κ2) is 11.1. The number of nitrogens with zero attached hydrogens (tertiary/aromatic N) is 1. The van der Waals surface area contributed by atoms with Crippen molar-refractivity contribution in [3.8, 4) is 0 Å². The van der Waals surface area contributed by atoms with Gasteiger partial charge in [0.1, 0.15) is 6.04 Å². The zero-order valence-corrected chi connectivity index (χ0v) is 16.8. The first-order valence-corrected chi connectivity index (χ1v) is 10.1. The largest absolute Gasteiger partial charge is 0.475 e. The molecule has 2 atom stereocenters. The normalized spacial score (nSPS) is 16.4. The Labute approximate surface area is 167 Å². The van der Waals surface area contributed by atoms with Crippen LogP contribution in [0.15, 0.2) is 30.3 Å². The molecule has 0 spiro atoms. The summed E-state index contributed by atoms with van der Waals surface area (Å²) in [5.41, 5.74) is 0.923. The van der Waals surface area contributed by atoms with Gasteiger partial charge in [-0.1, -0.05) is 44.2 Å². The lowest BCUT2D eigenvalue weighted by Gasteiger charge is -2.30. The molecule has 1 heterocycles. The lowest BCUT2D eigenvalue weighted by Crippen LogP contribution is -2.57. The molecule has 0 bridgehead atoms. The van der Waals surface area contributed by atoms with E-state index in [0.717, 1.165) is 24.8 Å². The number of rotatable bonds is 8. The summed E-state index contributed by atoms with van der Waals surface area (Å²) < 4.78 is 0. The summed E-state index contributed by atoms with van der Waals surface area (Å²) in [7, 11) is -1.65. The zero-order valence-electron chi connectivity index (χ0n) is 16.8. The van der Waals surface area contributed by atoms with Gasteiger partial charge in [-0.25, -0.2) is 4.79 Å². The van der Waals surface area contributed by atoms with E-state index in [0.29, 0.717) is 25.9 Å². The third-order valence-electron chi connectivity index (χ3n) is 4.95. The molecule has 4 N–H and O–H groups in total. The summed E-state index contributed by atoms with van der Waals surface area (Å²) in [5.74, 6) is -1.01. The number of benzene rings is 1. The number of piperidine rings is 1. The van der Waals surface area contributed by atoms with Crippen molar-refractivity contribution in [3.05, 3.63) is 35.9 Å². The Balaban J connectivity index is 2.09. The lowest BCUT2D eigenvalue weighted by atomic mass is 9.75. The highest BCUT2D eigenvalue weighted by molar-refractivity contribution is 6.43. The first-order chi connectivity index (χ1) is 13.4. The topological polar surface area (TPSA) is 102 Å². The molecule has 1 aliphatic rings. The lowest BCUT2D eigenvalue weighted by molar-refractivity contribution is -0.123. The van der Waals surface area contributed by atoms with Gasteiger partial charge >= 0.3 is 13.1 Å². The van der Waals surface area contributed by atoms with Crippen LogP contribution in [0.2, 0.25) is 0 Å². The van der Waals surface area contributed by atoms with E-state index in [9.17, 15) is 19.6 Å². The van der Waals surface area contributed by atoms with Gasteiger partial charge in [-0.3, -0.25) is 4.79 Å². The first kappa shape index (κ1) is 22.2. The minimum absolute atomic E-state index is 0.183. The number of hydrogen-bond acceptors (Lipinski definition) is 4. The summed E-state index contributed by atoms with van der Waals surface area (Å²) in [4.78, 5) is 27.3. The number of hydrogen-bond donors (Lipinski definition) is 4. The summed E-state index contributed by atoms with van der Waals surface area (Å²) in [6.45, 7) is 5.27. The van der Waals surface area contributed by atoms with E-state index in [4.69, 9.17) is 0 Å². The van der Waals surface area contributed by atoms with Crippen molar-refractivity contribution >= 4 is 19.1 Å². The van der Waals surface area contributed by atoms with E-state index in [1.165, 1.54) is 0 Å². The molecule has 1 aliphatic heterocycles. The van der Waals surface area contributed by atoms with Gasteiger partial charge in [-0.2, -0.15) is 0 Å². The van der Waals surface area contributed by atoms with E-state index in [-0.39, 0.29) is 11.9 Å². The molecule has 1 aromatic rings. The number of carbonyl (C=O) groups excluding carboxylic acids is 2. The van der Waals surface area contributed by atoms with Crippen molar-refractivity contribution in [1.82, 2.24) is 15.5 Å². The predicted octanol–water partition coefficient (Wildman–Crippen LogP) is 1.34. The maximum absolute atomic E-state index is 12.9. The average molecular weight is 389 g/mol. The van der Waals surface area contributed by atoms with Gasteiger partial charge in [0.25, 0.3) is 0 Å². The second-order valence-corrected chi connectivity index (χ2v) is 7.90. The molecule has 3 amide bonds. The number of nitrogens with one attached hydrogen (secondary N) is 2. The van der Waals surface area contributed by atoms with Crippen LogP contribution in [0, 0.1) is 5.92 Å². The highest BCUT2D eigenvalue weighted by Gasteiger charge is 2.31. The van der Waals surface area contributed by atoms with Crippen LogP contribution in [0.4, 0.5) is 4.79 Å². The van der Waals surface area contributed by atoms with E-state index in [1.54, 1.807) is 4.90 Å². The highest BCUT2D eigenvalue weighted by Crippen LogP contribution is 2.11. The van der Waals surface area contributed by atoms with Gasteiger partial charge in [-0.15, -0.1) is 0 Å². The van der Waals surface area contributed by atoms with Gasteiger partial charge in [0, 0.05) is 19.5 Å². The Bertz CT molecular complexity index is 621. The van der Waals surface area contributed by atoms with Crippen LogP contribution in [0.3, 0.4) is 0 Å². The third-order valence-corrected chi connectivity index (χ3v) is 4.95. The molecule has 0 saturated carbocycles. The Morgan fingerprint density at radius 2 is 1.71 bits per heavy atom. The fourth-order valence-electron chi connectivity index (χ4n) is 3.44. The van der Waals surface area contributed by atoms with Crippen LogP contribution in [-0.4, -0.2) is 59.1 Å². The van der Waals surface area contributed by atoms with Crippen molar-refractivity contribution in [2.24, 2.45) is 5.92 Å². The van der Waals surface area contributed by atoms with Crippen LogP contribution in [0.5, 0.6) is 0 Å². The Kier molecular flexibility index (Phi) is 8.79. The second-order valence-electron chi connectivity index (χ2n) is 7.90. The molecular weight excluding hydrogens is 357 g/mol. The molecule has 0 aromatic heterocycles. The van der Waals surface area contributed by atoms with Crippen LogP contribution in [0.25, 0.3) is 0 Å². The highest BCUT2D eigenvalue weighted by atomic mass is 16.4. The van der Waals surface area contributed by atoms with Crippen LogP contribution in [-0.2, 0) is 11.2 Å². The fraction of sp³-hybridized carbons (Fsp3) is 0.600. The molecule has 8 heteroatoms. The van der Waals surface area contributed by atoms with Crippen LogP contribution in [0.1, 0.15) is 45.1 Å². The molecule has 0 radical (unpaired) electrons. The minimum Gasteiger partial charge on any atom is -0.426 e. The molecule has 1 saturated heterocycles. The molecule has 1 aromatic carbocycles. The van der Waals surface area contributed by atoms with Crippen LogP contribution >= 0.6 is 0 Å². The first-order valence-electron chi connectivity index (χ1n) is 10.1. The summed E-state index contributed by atoms with van der Waals surface area (Å²) in [6.07, 6.45) is 3.82. The van der Waals surface area contributed by atoms with Crippen molar-refractivity contribution < 1.29 is 19.6 Å². The number of likely N-dealkylation sites (tertiary alicyclic amines) is 1. The van der Waals surface area contributed by atoms with Gasteiger partial charge in [0.05, 0.1) is 5.94 Å². The van der Waals surface area contributed by atoms with Gasteiger partial charge < -0.3 is 25.6 Å². The quantitative estimate of drug-likeness (QED) is 0.504. The number of carbonyl (C=O) groups is 2. The summed E-state index contributed by atoms with van der Waals surface area (Å²) in [5, 5.41) is 24.8. The van der Waals surface area contributed by atoms with Crippen LogP contribution < -0.4 is 10.6 Å². The molecule has 1 fully saturated rings. The summed E-state index contributed by atoms with van der Waals surface area (Å²) in [6, 6.07) is 8.43. The molecule has 154 valence electrons. The van der Waals surface area contributed by atoms with Crippen molar-refractivity contribution in [2.75, 3.05) is 13.1 Å². The van der Waals surface area contributed by atoms with Crippen molar-refractivity contribution in [2.45, 2.75) is 57.9 Å². The smallest absolute Gasteiger partial charge is 0.426 e. The Morgan fingerprint density at radius 3 is 2.29 bits per heavy atom. The molecule has 28 heavy (non-hydrogen) atoms. The fourth-order valence-corrected chi connectivity index (χ4v) is 3.44. The Morgan fingerprint density at radius 1 is 1.07 bits per heavy atom. The van der Waals surface area contributed by atoms with Gasteiger partial charge in [-0.05, 0) is 37.2 Å². The average Bonchev–Trinajstić information content (AvgIpc) is 2.68. The maximum Gasteiger partial charge on any atom is 0.475 e. The minimum atomic E-state index is -1.65. The van der Waals surface area contributed by atoms with E-state index >= 15 is 0 Å². The predicted molar refractivity (Wildman–Crippen MR) is 109 cm³/mol. The maximum atomic E-state index is 12.9. The van der Waals surface area contributed by atoms with Crippen molar-refractivity contribution in [3.63, 3.8) is 0 Å². The molecule has 2 rings (SSSR count). The standard InChI is InChI=1S/C20H32BN3O4/c1-15(2)13-18(21(27)28)23-19(25)17(14-16-9-5-3-6-10-16)22-20(26)24-11-7-4-8-12-24/h3,5-6,9-10,15,17-18,27-28H,4,7-8,11-14H2,1-2H3,(H,22,26)(H,23,25)/t17-,18-/m0/s1. The molecule has 7 nitrogen and oxygen atoms in total. The van der Waals surface area contributed by atoms with E-state index in [2.05, 4.69) is 10.6 Å². The molecule has 0 unspecified atom stereocenters. The van der Waals surface area contributed by atoms with Crippen molar-refractivity contribution in [1.29, 1.82) is 0 Å². The number of urea groups is 1.